The number of nitrogens with zero attached hydrogens (tertiary/aromatic N) is 2. The number of carbonyl (C=O) groups is 2. The molecule has 0 saturated heterocycles. The number of aromatic nitrogens is 2. The number of para-hydroxylation sites is 3. The highest BCUT2D eigenvalue weighted by atomic mass is 16.2. The lowest BCUT2D eigenvalue weighted by Crippen LogP contribution is -2.43. The summed E-state index contributed by atoms with van der Waals surface area (Å²) in [6.45, 7) is 1.45. The monoisotopic (exact) mass is 378 g/mol. The molecule has 1 aromatic heterocycles. The predicted octanol–water partition coefficient (Wildman–Crippen LogP) is 1.31. The van der Waals surface area contributed by atoms with Crippen LogP contribution in [0, 0.1) is 5.92 Å². The van der Waals surface area contributed by atoms with Crippen LogP contribution < -0.4 is 21.5 Å². The van der Waals surface area contributed by atoms with Gasteiger partial charge in [-0.2, -0.15) is 0 Å². The second-order valence-electron chi connectivity index (χ2n) is 6.78. The Bertz CT molecular complexity index is 1210. The van der Waals surface area contributed by atoms with Crippen LogP contribution in [0.5, 0.6) is 0 Å². The SMILES string of the molecule is CC1CN(C(=O)Cn2c(=O)[nH]c3ccccc3c2=O)c2ccccc2NC1=O. The molecule has 0 spiro atoms. The topological polar surface area (TPSA) is 104 Å². The maximum atomic E-state index is 13.1. The van der Waals surface area contributed by atoms with Crippen molar-refractivity contribution in [3.63, 3.8) is 0 Å². The van der Waals surface area contributed by atoms with E-state index >= 15 is 0 Å². The van der Waals surface area contributed by atoms with E-state index in [0.29, 0.717) is 22.3 Å². The van der Waals surface area contributed by atoms with Crippen LogP contribution in [-0.4, -0.2) is 27.9 Å². The van der Waals surface area contributed by atoms with Gasteiger partial charge in [-0.1, -0.05) is 31.2 Å². The van der Waals surface area contributed by atoms with E-state index in [0.717, 1.165) is 4.57 Å². The molecular weight excluding hydrogens is 360 g/mol. The average molecular weight is 378 g/mol. The molecule has 0 saturated carbocycles. The number of hydrogen-bond donors (Lipinski definition) is 2. The number of rotatable bonds is 2. The molecule has 28 heavy (non-hydrogen) atoms. The second-order valence-corrected chi connectivity index (χ2v) is 6.78. The first kappa shape index (κ1) is 17.7. The van der Waals surface area contributed by atoms with E-state index in [1.165, 1.54) is 4.90 Å². The molecule has 4 rings (SSSR count). The van der Waals surface area contributed by atoms with Gasteiger partial charge in [-0.15, -0.1) is 0 Å². The Morgan fingerprint density at radius 2 is 1.79 bits per heavy atom. The molecule has 1 atom stereocenters. The van der Waals surface area contributed by atoms with Crippen molar-refractivity contribution < 1.29 is 9.59 Å². The highest BCUT2D eigenvalue weighted by Gasteiger charge is 2.29. The van der Waals surface area contributed by atoms with Gasteiger partial charge in [0.05, 0.1) is 28.2 Å². The summed E-state index contributed by atoms with van der Waals surface area (Å²) in [7, 11) is 0. The van der Waals surface area contributed by atoms with Gasteiger partial charge in [-0.25, -0.2) is 4.79 Å². The molecule has 0 radical (unpaired) electrons. The van der Waals surface area contributed by atoms with Gasteiger partial charge in [0, 0.05) is 6.54 Å². The molecule has 1 aliphatic heterocycles. The van der Waals surface area contributed by atoms with Crippen LogP contribution in [0.4, 0.5) is 11.4 Å². The minimum Gasteiger partial charge on any atom is -0.324 e. The maximum Gasteiger partial charge on any atom is 0.329 e. The molecule has 8 heteroatoms. The van der Waals surface area contributed by atoms with Crippen LogP contribution in [0.1, 0.15) is 6.92 Å². The zero-order valence-electron chi connectivity index (χ0n) is 15.1. The highest BCUT2D eigenvalue weighted by Crippen LogP contribution is 2.30. The Morgan fingerprint density at radius 3 is 2.61 bits per heavy atom. The van der Waals surface area contributed by atoms with E-state index in [1.54, 1.807) is 55.5 Å². The number of aromatic amines is 1. The summed E-state index contributed by atoms with van der Waals surface area (Å²) in [5.74, 6) is -1.08. The number of fused-ring (bicyclic) bond motifs is 2. The first-order valence-corrected chi connectivity index (χ1v) is 8.88. The number of H-pyrrole nitrogens is 1. The molecule has 1 aliphatic rings. The van der Waals surface area contributed by atoms with E-state index < -0.39 is 29.6 Å². The van der Waals surface area contributed by atoms with Crippen molar-refractivity contribution >= 4 is 34.1 Å². The number of benzene rings is 2. The van der Waals surface area contributed by atoms with Gasteiger partial charge in [0.25, 0.3) is 5.56 Å². The van der Waals surface area contributed by atoms with E-state index in [9.17, 15) is 19.2 Å². The second kappa shape index (κ2) is 6.80. The Hall–Kier alpha value is -3.68. The lowest BCUT2D eigenvalue weighted by molar-refractivity contribution is -0.120. The standard InChI is InChI=1S/C20H18N4O4/c1-12-10-23(16-9-5-4-8-15(16)21-18(12)26)17(25)11-24-19(27)13-6-2-3-7-14(13)22-20(24)28/h2-9,12H,10-11H2,1H3,(H,21,26)(H,22,28). The summed E-state index contributed by atoms with van der Waals surface area (Å²) in [4.78, 5) is 54.4. The van der Waals surface area contributed by atoms with Crippen LogP contribution in [0.2, 0.25) is 0 Å². The zero-order chi connectivity index (χ0) is 19.8. The number of nitrogens with one attached hydrogen (secondary N) is 2. The number of hydrogen-bond acceptors (Lipinski definition) is 4. The van der Waals surface area contributed by atoms with Crippen molar-refractivity contribution in [1.82, 2.24) is 9.55 Å². The third kappa shape index (κ3) is 2.98. The molecule has 0 bridgehead atoms. The summed E-state index contributed by atoms with van der Waals surface area (Å²) in [6, 6.07) is 13.6. The van der Waals surface area contributed by atoms with E-state index in [4.69, 9.17) is 0 Å². The summed E-state index contributed by atoms with van der Waals surface area (Å²) >= 11 is 0. The van der Waals surface area contributed by atoms with Crippen LogP contribution in [0.3, 0.4) is 0 Å². The molecule has 2 N–H and O–H groups in total. The first-order chi connectivity index (χ1) is 13.5. The van der Waals surface area contributed by atoms with Gasteiger partial charge < -0.3 is 15.2 Å². The van der Waals surface area contributed by atoms with Crippen LogP contribution in [-0.2, 0) is 16.1 Å². The Labute approximate surface area is 159 Å². The fraction of sp³-hybridized carbons (Fsp3) is 0.200. The number of amides is 2. The fourth-order valence-corrected chi connectivity index (χ4v) is 3.33. The molecular formula is C20H18N4O4. The average Bonchev–Trinajstić information content (AvgIpc) is 2.81. The molecule has 1 unspecified atom stereocenters. The van der Waals surface area contributed by atoms with Crippen molar-refractivity contribution in [3.05, 3.63) is 69.4 Å². The Kier molecular flexibility index (Phi) is 4.31. The molecule has 2 aromatic carbocycles. The van der Waals surface area contributed by atoms with Gasteiger partial charge in [0.1, 0.15) is 6.54 Å². The first-order valence-electron chi connectivity index (χ1n) is 8.88. The number of carbonyl (C=O) groups excluding carboxylic acids is 2. The van der Waals surface area contributed by atoms with Crippen molar-refractivity contribution in [2.45, 2.75) is 13.5 Å². The van der Waals surface area contributed by atoms with Gasteiger partial charge in [-0.05, 0) is 24.3 Å². The molecule has 2 heterocycles. The van der Waals surface area contributed by atoms with E-state index in [2.05, 4.69) is 10.3 Å². The highest BCUT2D eigenvalue weighted by molar-refractivity contribution is 6.04. The normalized spacial score (nSPS) is 16.4. The Morgan fingerprint density at radius 1 is 1.07 bits per heavy atom. The van der Waals surface area contributed by atoms with Gasteiger partial charge >= 0.3 is 5.69 Å². The molecule has 2 amide bonds. The molecule has 3 aromatic rings. The summed E-state index contributed by atoms with van der Waals surface area (Å²) in [6.07, 6.45) is 0. The Balaban J connectivity index is 1.75. The molecule has 0 aliphatic carbocycles. The molecule has 8 nitrogen and oxygen atoms in total. The molecule has 142 valence electrons. The van der Waals surface area contributed by atoms with Gasteiger partial charge in [0.15, 0.2) is 0 Å². The lowest BCUT2D eigenvalue weighted by Gasteiger charge is -2.23. The van der Waals surface area contributed by atoms with Gasteiger partial charge in [-0.3, -0.25) is 19.0 Å². The summed E-state index contributed by atoms with van der Waals surface area (Å²) < 4.78 is 0.887. The quantitative estimate of drug-likeness (QED) is 0.702. The summed E-state index contributed by atoms with van der Waals surface area (Å²) in [5.41, 5.74) is 0.297. The smallest absolute Gasteiger partial charge is 0.324 e. The lowest BCUT2D eigenvalue weighted by atomic mass is 10.1. The van der Waals surface area contributed by atoms with Gasteiger partial charge in [0.2, 0.25) is 11.8 Å². The van der Waals surface area contributed by atoms with Crippen molar-refractivity contribution in [1.29, 1.82) is 0 Å². The van der Waals surface area contributed by atoms with Crippen molar-refractivity contribution in [2.75, 3.05) is 16.8 Å². The fourth-order valence-electron chi connectivity index (χ4n) is 3.33. The minimum absolute atomic E-state index is 0.155. The van der Waals surface area contributed by atoms with Crippen LogP contribution in [0.15, 0.2) is 58.1 Å². The minimum atomic E-state index is -0.651. The summed E-state index contributed by atoms with van der Waals surface area (Å²) in [5, 5.41) is 3.13. The van der Waals surface area contributed by atoms with Crippen LogP contribution in [0.25, 0.3) is 10.9 Å². The number of anilines is 2. The van der Waals surface area contributed by atoms with E-state index in [1.807, 2.05) is 0 Å². The third-order valence-corrected chi connectivity index (χ3v) is 4.84. The van der Waals surface area contributed by atoms with Crippen molar-refractivity contribution in [2.24, 2.45) is 5.92 Å². The maximum absolute atomic E-state index is 13.1. The van der Waals surface area contributed by atoms with Crippen molar-refractivity contribution in [3.8, 4) is 0 Å². The third-order valence-electron chi connectivity index (χ3n) is 4.84. The predicted molar refractivity (Wildman–Crippen MR) is 105 cm³/mol. The van der Waals surface area contributed by atoms with Crippen LogP contribution >= 0.6 is 0 Å². The largest absolute Gasteiger partial charge is 0.329 e. The molecule has 0 fully saturated rings. The zero-order valence-corrected chi connectivity index (χ0v) is 15.1. The van der Waals surface area contributed by atoms with E-state index in [-0.39, 0.29) is 12.5 Å².